The fraction of sp³-hybridized carbons (Fsp3) is 0.207. The SMILES string of the molecule is Cc1nc(-c2ccccc2)sc1C(=O)C1=C(O)C(=O)N(CCN(C)C)C1c1cccc2ccccc12. The van der Waals surface area contributed by atoms with Gasteiger partial charge in [0.25, 0.3) is 5.91 Å². The predicted octanol–water partition coefficient (Wildman–Crippen LogP) is 5.41. The molecule has 0 spiro atoms. The van der Waals surface area contributed by atoms with Crippen LogP contribution in [0, 0.1) is 6.92 Å². The van der Waals surface area contributed by atoms with Gasteiger partial charge in [-0.15, -0.1) is 11.3 Å². The van der Waals surface area contributed by atoms with Gasteiger partial charge in [0.15, 0.2) is 5.76 Å². The number of rotatable bonds is 7. The van der Waals surface area contributed by atoms with E-state index in [0.717, 1.165) is 26.9 Å². The summed E-state index contributed by atoms with van der Waals surface area (Å²) in [6.07, 6.45) is 0. The summed E-state index contributed by atoms with van der Waals surface area (Å²) < 4.78 is 0. The van der Waals surface area contributed by atoms with E-state index in [-0.39, 0.29) is 11.4 Å². The van der Waals surface area contributed by atoms with E-state index >= 15 is 0 Å². The van der Waals surface area contributed by atoms with Gasteiger partial charge in [-0.3, -0.25) is 9.59 Å². The fourth-order valence-electron chi connectivity index (χ4n) is 4.67. The largest absolute Gasteiger partial charge is 0.503 e. The third-order valence-corrected chi connectivity index (χ3v) is 7.68. The Morgan fingerprint density at radius 3 is 2.47 bits per heavy atom. The van der Waals surface area contributed by atoms with Gasteiger partial charge in [-0.2, -0.15) is 0 Å². The highest BCUT2D eigenvalue weighted by molar-refractivity contribution is 7.17. The molecule has 1 atom stereocenters. The lowest BCUT2D eigenvalue weighted by atomic mass is 9.91. The van der Waals surface area contributed by atoms with Crippen LogP contribution in [0.4, 0.5) is 0 Å². The highest BCUT2D eigenvalue weighted by Gasteiger charge is 2.44. The monoisotopic (exact) mass is 497 g/mol. The topological polar surface area (TPSA) is 73.7 Å². The molecule has 6 nitrogen and oxygen atoms in total. The lowest BCUT2D eigenvalue weighted by Crippen LogP contribution is -2.36. The summed E-state index contributed by atoms with van der Waals surface area (Å²) in [6, 6.07) is 22.7. The van der Waals surface area contributed by atoms with E-state index in [4.69, 9.17) is 0 Å². The molecule has 3 aromatic carbocycles. The normalized spacial score (nSPS) is 15.9. The molecular weight excluding hydrogens is 470 g/mol. The van der Waals surface area contributed by atoms with Crippen LogP contribution in [0.3, 0.4) is 0 Å². The standard InChI is InChI=1S/C29H27N3O3S/c1-18-27(36-28(30-18)20-11-5-4-6-12-20)25(33)23-24(32(17-16-31(2)3)29(35)26(23)34)22-15-9-13-19-10-7-8-14-21(19)22/h4-15,24,34H,16-17H2,1-3H3. The fourth-order valence-corrected chi connectivity index (χ4v) is 5.70. The van der Waals surface area contributed by atoms with E-state index in [0.29, 0.717) is 23.7 Å². The number of ketones is 1. The van der Waals surface area contributed by atoms with Gasteiger partial charge in [-0.1, -0.05) is 72.8 Å². The zero-order valence-electron chi connectivity index (χ0n) is 20.4. The van der Waals surface area contributed by atoms with Crippen LogP contribution in [0.2, 0.25) is 0 Å². The van der Waals surface area contributed by atoms with E-state index < -0.39 is 17.7 Å². The molecule has 1 aliphatic rings. The molecule has 5 rings (SSSR count). The summed E-state index contributed by atoms with van der Waals surface area (Å²) in [5.74, 6) is -1.36. The molecule has 0 saturated heterocycles. The van der Waals surface area contributed by atoms with Crippen molar-refractivity contribution >= 4 is 33.8 Å². The summed E-state index contributed by atoms with van der Waals surface area (Å²) in [6.45, 7) is 2.76. The lowest BCUT2D eigenvalue weighted by molar-refractivity contribution is -0.129. The molecule has 182 valence electrons. The van der Waals surface area contributed by atoms with Crippen LogP contribution >= 0.6 is 11.3 Å². The maximum absolute atomic E-state index is 14.0. The second-order valence-electron chi connectivity index (χ2n) is 9.16. The molecule has 7 heteroatoms. The number of likely N-dealkylation sites (N-methyl/N-ethyl adjacent to an activating group) is 1. The highest BCUT2D eigenvalue weighted by Crippen LogP contribution is 2.42. The number of aliphatic hydroxyl groups excluding tert-OH is 1. The summed E-state index contributed by atoms with van der Waals surface area (Å²) in [4.78, 5) is 36.0. The number of hydrogen-bond donors (Lipinski definition) is 1. The first-order chi connectivity index (χ1) is 17.4. The van der Waals surface area contributed by atoms with Gasteiger partial charge >= 0.3 is 0 Å². The van der Waals surface area contributed by atoms with Crippen LogP contribution < -0.4 is 0 Å². The first kappa shape index (κ1) is 23.9. The van der Waals surface area contributed by atoms with Crippen LogP contribution in [0.5, 0.6) is 0 Å². The van der Waals surface area contributed by atoms with Crippen molar-refractivity contribution in [3.05, 3.63) is 100 Å². The number of hydrogen-bond acceptors (Lipinski definition) is 6. The van der Waals surface area contributed by atoms with E-state index in [1.165, 1.54) is 11.3 Å². The molecule has 2 heterocycles. The van der Waals surface area contributed by atoms with Crippen LogP contribution in [0.25, 0.3) is 21.3 Å². The first-order valence-electron chi connectivity index (χ1n) is 11.8. The van der Waals surface area contributed by atoms with Gasteiger partial charge in [0, 0.05) is 18.7 Å². The number of aryl methyl sites for hydroxylation is 1. The summed E-state index contributed by atoms with van der Waals surface area (Å²) in [7, 11) is 3.86. The number of carbonyl (C=O) groups excluding carboxylic acids is 2. The highest BCUT2D eigenvalue weighted by atomic mass is 32.1. The quantitative estimate of drug-likeness (QED) is 0.346. The molecule has 1 unspecified atom stereocenters. The van der Waals surface area contributed by atoms with Crippen LogP contribution in [-0.2, 0) is 4.79 Å². The number of amides is 1. The Labute approximate surface area is 214 Å². The molecule has 1 aromatic heterocycles. The summed E-state index contributed by atoms with van der Waals surface area (Å²) >= 11 is 1.29. The minimum absolute atomic E-state index is 0.112. The predicted molar refractivity (Wildman–Crippen MR) is 143 cm³/mol. The van der Waals surface area contributed by atoms with Crippen molar-refractivity contribution in [2.75, 3.05) is 27.2 Å². The summed E-state index contributed by atoms with van der Waals surface area (Å²) in [5.41, 5.74) is 2.43. The van der Waals surface area contributed by atoms with Gasteiger partial charge in [0.2, 0.25) is 5.78 Å². The first-order valence-corrected chi connectivity index (χ1v) is 12.6. The van der Waals surface area contributed by atoms with Crippen molar-refractivity contribution in [2.24, 2.45) is 0 Å². The number of aromatic nitrogens is 1. The van der Waals surface area contributed by atoms with Crippen molar-refractivity contribution in [3.8, 4) is 10.6 Å². The molecule has 0 bridgehead atoms. The minimum atomic E-state index is -0.697. The Morgan fingerprint density at radius 2 is 1.72 bits per heavy atom. The molecule has 4 aromatic rings. The van der Waals surface area contributed by atoms with Gasteiger partial charge in [-0.25, -0.2) is 4.98 Å². The number of fused-ring (bicyclic) bond motifs is 1. The number of benzene rings is 3. The maximum Gasteiger partial charge on any atom is 0.290 e. The van der Waals surface area contributed by atoms with Crippen LogP contribution in [0.1, 0.15) is 27.0 Å². The Balaban J connectivity index is 1.63. The Morgan fingerprint density at radius 1 is 1.03 bits per heavy atom. The molecule has 1 amide bonds. The van der Waals surface area contributed by atoms with Gasteiger partial charge in [0.05, 0.1) is 22.2 Å². The molecule has 0 aliphatic carbocycles. The minimum Gasteiger partial charge on any atom is -0.503 e. The lowest BCUT2D eigenvalue weighted by Gasteiger charge is -2.28. The molecular formula is C29H27N3O3S. The van der Waals surface area contributed by atoms with Gasteiger partial charge in [0.1, 0.15) is 5.01 Å². The molecule has 0 saturated carbocycles. The van der Waals surface area contributed by atoms with Gasteiger partial charge in [-0.05, 0) is 37.4 Å². The average molecular weight is 498 g/mol. The van der Waals surface area contributed by atoms with Crippen molar-refractivity contribution in [3.63, 3.8) is 0 Å². The van der Waals surface area contributed by atoms with Crippen molar-refractivity contribution in [2.45, 2.75) is 13.0 Å². The van der Waals surface area contributed by atoms with E-state index in [1.807, 2.05) is 91.8 Å². The second-order valence-corrected chi connectivity index (χ2v) is 10.2. The number of aliphatic hydroxyl groups is 1. The third kappa shape index (κ3) is 4.21. The maximum atomic E-state index is 14.0. The summed E-state index contributed by atoms with van der Waals surface area (Å²) in [5, 5.41) is 13.8. The van der Waals surface area contributed by atoms with E-state index in [1.54, 1.807) is 11.8 Å². The zero-order valence-corrected chi connectivity index (χ0v) is 21.2. The van der Waals surface area contributed by atoms with Crippen LogP contribution in [0.15, 0.2) is 84.1 Å². The Kier molecular flexibility index (Phi) is 6.43. The molecule has 36 heavy (non-hydrogen) atoms. The van der Waals surface area contributed by atoms with E-state index in [9.17, 15) is 14.7 Å². The molecule has 1 N–H and O–H groups in total. The number of thiazole rings is 1. The molecule has 1 aliphatic heterocycles. The van der Waals surface area contributed by atoms with Crippen molar-refractivity contribution in [1.29, 1.82) is 0 Å². The van der Waals surface area contributed by atoms with Crippen molar-refractivity contribution in [1.82, 2.24) is 14.8 Å². The number of Topliss-reactive ketones (excluding diaryl/α,β-unsaturated/α-hetero) is 1. The smallest absolute Gasteiger partial charge is 0.290 e. The zero-order chi connectivity index (χ0) is 25.4. The average Bonchev–Trinajstić information content (AvgIpc) is 3.39. The number of carbonyl (C=O) groups is 2. The third-order valence-electron chi connectivity index (χ3n) is 6.48. The van der Waals surface area contributed by atoms with Crippen LogP contribution in [-0.4, -0.2) is 58.8 Å². The Bertz CT molecular complexity index is 1480. The van der Waals surface area contributed by atoms with Crippen molar-refractivity contribution < 1.29 is 14.7 Å². The van der Waals surface area contributed by atoms with Gasteiger partial charge < -0.3 is 14.9 Å². The number of nitrogens with zero attached hydrogens (tertiary/aromatic N) is 3. The van der Waals surface area contributed by atoms with E-state index in [2.05, 4.69) is 4.98 Å². The molecule has 0 radical (unpaired) electrons. The molecule has 0 fully saturated rings. The Hall–Kier alpha value is -3.81. The second kappa shape index (κ2) is 9.68.